The van der Waals surface area contributed by atoms with Gasteiger partial charge in [-0.3, -0.25) is 0 Å². The highest BCUT2D eigenvalue weighted by Crippen LogP contribution is 2.54. The van der Waals surface area contributed by atoms with Gasteiger partial charge >= 0.3 is 0 Å². The van der Waals surface area contributed by atoms with Crippen LogP contribution in [0, 0.1) is 5.82 Å². The van der Waals surface area contributed by atoms with Crippen LogP contribution in [0.3, 0.4) is 0 Å². The van der Waals surface area contributed by atoms with Crippen LogP contribution in [-0.2, 0) is 16.0 Å². The van der Waals surface area contributed by atoms with Gasteiger partial charge in [-0.05, 0) is 74.7 Å². The molecule has 0 aromatic heterocycles. The SMILES string of the molecule is COc1cc(OC)c(OC)cc1CCN1CCN(CCCCOc2ccc(F)cc2C2(C)Sc3ccccc3N(C)C2C=O)CC1.Cl.Cl. The molecule has 1 fully saturated rings. The molecule has 8 nitrogen and oxygen atoms in total. The Balaban J connectivity index is 0.00000312. The van der Waals surface area contributed by atoms with E-state index in [1.54, 1.807) is 39.2 Å². The van der Waals surface area contributed by atoms with E-state index in [-0.39, 0.29) is 30.6 Å². The molecule has 0 amide bonds. The van der Waals surface area contributed by atoms with Crippen LogP contribution in [0.5, 0.6) is 23.0 Å². The summed E-state index contributed by atoms with van der Waals surface area (Å²) < 4.78 is 36.7. The Kier molecular flexibility index (Phi) is 15.0. The number of benzene rings is 3. The lowest BCUT2D eigenvalue weighted by Gasteiger charge is -2.46. The number of para-hydroxylation sites is 1. The van der Waals surface area contributed by atoms with Crippen molar-refractivity contribution in [3.8, 4) is 23.0 Å². The van der Waals surface area contributed by atoms with Crippen LogP contribution in [-0.4, -0.2) is 96.4 Å². The zero-order valence-corrected chi connectivity index (χ0v) is 30.9. The molecule has 12 heteroatoms. The first-order valence-corrected chi connectivity index (χ1v) is 16.8. The number of aldehydes is 1. The summed E-state index contributed by atoms with van der Waals surface area (Å²) in [6.45, 7) is 8.62. The molecule has 5 rings (SSSR count). The van der Waals surface area contributed by atoms with Crippen molar-refractivity contribution in [2.45, 2.75) is 41.9 Å². The molecule has 0 aliphatic carbocycles. The lowest BCUT2D eigenvalue weighted by Crippen LogP contribution is -2.49. The van der Waals surface area contributed by atoms with Crippen molar-refractivity contribution in [2.24, 2.45) is 0 Å². The fourth-order valence-electron chi connectivity index (χ4n) is 6.52. The molecule has 2 heterocycles. The summed E-state index contributed by atoms with van der Waals surface area (Å²) in [4.78, 5) is 20.5. The second kappa shape index (κ2) is 18.2. The number of rotatable bonds is 14. The molecule has 0 bridgehead atoms. The van der Waals surface area contributed by atoms with Crippen LogP contribution in [0.15, 0.2) is 59.5 Å². The highest BCUT2D eigenvalue weighted by atomic mass is 35.5. The Morgan fingerprint density at radius 2 is 1.50 bits per heavy atom. The van der Waals surface area contributed by atoms with Gasteiger partial charge in [-0.15, -0.1) is 36.6 Å². The Morgan fingerprint density at radius 3 is 2.17 bits per heavy atom. The number of anilines is 1. The molecule has 0 saturated carbocycles. The number of nitrogens with zero attached hydrogens (tertiary/aromatic N) is 3. The van der Waals surface area contributed by atoms with Gasteiger partial charge in [0.1, 0.15) is 29.6 Å². The second-order valence-electron chi connectivity index (χ2n) is 12.0. The number of unbranched alkanes of at least 4 members (excludes halogenated alkanes) is 1. The number of ether oxygens (including phenoxy) is 4. The van der Waals surface area contributed by atoms with Crippen molar-refractivity contribution >= 4 is 48.5 Å². The number of halogens is 3. The molecule has 0 radical (unpaired) electrons. The zero-order chi connectivity index (χ0) is 32.7. The maximum absolute atomic E-state index is 14.6. The number of methoxy groups -OCH3 is 3. The Labute approximate surface area is 301 Å². The quantitative estimate of drug-likeness (QED) is 0.133. The fraction of sp³-hybridized carbons (Fsp3) is 0.472. The number of piperazine rings is 1. The molecule has 3 aromatic rings. The summed E-state index contributed by atoms with van der Waals surface area (Å²) >= 11 is 1.59. The fourth-order valence-corrected chi connectivity index (χ4v) is 8.04. The predicted octanol–water partition coefficient (Wildman–Crippen LogP) is 6.74. The summed E-state index contributed by atoms with van der Waals surface area (Å²) in [5, 5.41) is 0. The molecule has 2 aliphatic heterocycles. The van der Waals surface area contributed by atoms with Crippen LogP contribution in [0.25, 0.3) is 0 Å². The number of thioether (sulfide) groups is 1. The molecular weight excluding hydrogens is 676 g/mol. The summed E-state index contributed by atoms with van der Waals surface area (Å²) in [5.74, 6) is 2.50. The van der Waals surface area contributed by atoms with E-state index < -0.39 is 10.8 Å². The summed E-state index contributed by atoms with van der Waals surface area (Å²) in [7, 11) is 6.89. The van der Waals surface area contributed by atoms with Gasteiger partial charge in [-0.25, -0.2) is 4.39 Å². The average molecular weight is 725 g/mol. The minimum atomic E-state index is -0.716. The van der Waals surface area contributed by atoms with Crippen molar-refractivity contribution in [1.82, 2.24) is 9.80 Å². The predicted molar refractivity (Wildman–Crippen MR) is 196 cm³/mol. The van der Waals surface area contributed by atoms with Gasteiger partial charge in [-0.1, -0.05) is 12.1 Å². The minimum absolute atomic E-state index is 0. The van der Waals surface area contributed by atoms with Crippen molar-refractivity contribution in [1.29, 1.82) is 0 Å². The monoisotopic (exact) mass is 723 g/mol. The Bertz CT molecular complexity index is 1500. The van der Waals surface area contributed by atoms with E-state index in [4.69, 9.17) is 18.9 Å². The molecular formula is C36H48Cl2FN3O5S. The van der Waals surface area contributed by atoms with E-state index in [2.05, 4.69) is 9.80 Å². The number of hydrogen-bond acceptors (Lipinski definition) is 9. The van der Waals surface area contributed by atoms with Crippen molar-refractivity contribution in [3.63, 3.8) is 0 Å². The molecule has 2 unspecified atom stereocenters. The molecule has 3 aromatic carbocycles. The lowest BCUT2D eigenvalue weighted by atomic mass is 9.90. The number of fused-ring (bicyclic) bond motifs is 1. The summed E-state index contributed by atoms with van der Waals surface area (Å²) in [5.41, 5.74) is 2.82. The standard InChI is InChI=1S/C36H46FN3O5S.2ClH/c1-36(35(25-41)38(2)29-10-6-7-11-34(29)46-36)28-23-27(37)12-13-30(28)45-21-9-8-15-39-17-19-40(20-18-39)16-14-26-22-32(43-4)33(44-5)24-31(26)42-3;;/h6-7,10-13,22-25,35H,8-9,14-21H2,1-5H3;2*1H. The number of carbonyl (C=O) groups excluding carboxylic acids is 1. The van der Waals surface area contributed by atoms with E-state index in [0.29, 0.717) is 29.4 Å². The third-order valence-electron chi connectivity index (χ3n) is 9.23. The largest absolute Gasteiger partial charge is 0.496 e. The van der Waals surface area contributed by atoms with E-state index in [9.17, 15) is 9.18 Å². The van der Waals surface area contributed by atoms with E-state index in [1.165, 1.54) is 12.1 Å². The first-order valence-electron chi connectivity index (χ1n) is 15.9. The topological polar surface area (TPSA) is 63.7 Å². The van der Waals surface area contributed by atoms with Crippen LogP contribution in [0.4, 0.5) is 10.1 Å². The van der Waals surface area contributed by atoms with Gasteiger partial charge in [0.05, 0.1) is 38.4 Å². The van der Waals surface area contributed by atoms with Crippen LogP contribution in [0.1, 0.15) is 30.9 Å². The lowest BCUT2D eigenvalue weighted by molar-refractivity contribution is -0.109. The van der Waals surface area contributed by atoms with Crippen LogP contribution in [0.2, 0.25) is 0 Å². The van der Waals surface area contributed by atoms with E-state index in [0.717, 1.165) is 86.7 Å². The summed E-state index contributed by atoms with van der Waals surface area (Å²) in [6.07, 6.45) is 3.74. The zero-order valence-electron chi connectivity index (χ0n) is 28.4. The Hall–Kier alpha value is -2.89. The maximum Gasteiger partial charge on any atom is 0.164 e. The van der Waals surface area contributed by atoms with Crippen molar-refractivity contribution in [2.75, 3.05) is 79.2 Å². The molecule has 48 heavy (non-hydrogen) atoms. The van der Waals surface area contributed by atoms with Gasteiger partial charge in [0, 0.05) is 56.3 Å². The third kappa shape index (κ3) is 8.82. The van der Waals surface area contributed by atoms with Gasteiger partial charge in [0.25, 0.3) is 0 Å². The second-order valence-corrected chi connectivity index (χ2v) is 13.5. The molecule has 0 spiro atoms. The minimum Gasteiger partial charge on any atom is -0.496 e. The average Bonchev–Trinajstić information content (AvgIpc) is 3.08. The molecule has 2 aliphatic rings. The van der Waals surface area contributed by atoms with Gasteiger partial charge in [0.15, 0.2) is 11.5 Å². The number of likely N-dealkylation sites (N-methyl/N-ethyl adjacent to an activating group) is 1. The smallest absolute Gasteiger partial charge is 0.164 e. The van der Waals surface area contributed by atoms with Crippen LogP contribution >= 0.6 is 36.6 Å². The molecule has 0 N–H and O–H groups in total. The van der Waals surface area contributed by atoms with Gasteiger partial charge < -0.3 is 38.4 Å². The van der Waals surface area contributed by atoms with Crippen LogP contribution < -0.4 is 23.8 Å². The van der Waals surface area contributed by atoms with Crippen molar-refractivity contribution < 1.29 is 28.1 Å². The number of hydrogen-bond donors (Lipinski definition) is 0. The Morgan fingerprint density at radius 1 is 0.854 bits per heavy atom. The van der Waals surface area contributed by atoms with Crippen molar-refractivity contribution in [3.05, 3.63) is 71.5 Å². The summed E-state index contributed by atoms with van der Waals surface area (Å²) in [6, 6.07) is 16.1. The normalized spacial score (nSPS) is 19.4. The first-order chi connectivity index (χ1) is 22.3. The van der Waals surface area contributed by atoms with Gasteiger partial charge in [-0.2, -0.15) is 0 Å². The first kappa shape index (κ1) is 39.5. The number of carbonyl (C=O) groups is 1. The highest BCUT2D eigenvalue weighted by Gasteiger charge is 2.46. The third-order valence-corrected chi connectivity index (χ3v) is 10.7. The molecule has 264 valence electrons. The maximum atomic E-state index is 14.6. The molecule has 1 saturated heterocycles. The molecule has 2 atom stereocenters. The van der Waals surface area contributed by atoms with Gasteiger partial charge in [0.2, 0.25) is 0 Å². The highest BCUT2D eigenvalue weighted by molar-refractivity contribution is 8.00. The van der Waals surface area contributed by atoms with E-state index >= 15 is 0 Å². The van der Waals surface area contributed by atoms with E-state index in [1.807, 2.05) is 55.3 Å².